The molecule has 3 heterocycles. The van der Waals surface area contributed by atoms with Crippen LogP contribution in [-0.2, 0) is 7.05 Å². The van der Waals surface area contributed by atoms with Gasteiger partial charge in [-0.3, -0.25) is 9.89 Å². The molecule has 0 aromatic carbocycles. The Morgan fingerprint density at radius 2 is 2.39 bits per heavy atom. The van der Waals surface area contributed by atoms with Crippen molar-refractivity contribution in [3.05, 3.63) is 29.7 Å². The molecule has 0 unspecified atom stereocenters. The van der Waals surface area contributed by atoms with Crippen LogP contribution in [0.1, 0.15) is 9.67 Å². The highest BCUT2D eigenvalue weighted by Gasteiger charge is 2.18. The summed E-state index contributed by atoms with van der Waals surface area (Å²) in [4.78, 5) is 19.6. The van der Waals surface area contributed by atoms with Crippen molar-refractivity contribution >= 4 is 33.3 Å². The maximum Gasteiger partial charge on any atom is 0.268 e. The number of amides is 1. The standard InChI is InChI=1S/C11H11N5OS/c1-15-6-12-10-8(15)3-9(18-10)11(17)16(2)7-4-13-14-5-7/h3-6H,1-2H3,(H,13,14). The molecule has 1 N–H and O–H groups in total. The fraction of sp³-hybridized carbons (Fsp3) is 0.182. The quantitative estimate of drug-likeness (QED) is 0.762. The van der Waals surface area contributed by atoms with Gasteiger partial charge in [-0.05, 0) is 6.07 Å². The molecule has 3 aromatic rings. The molecule has 0 atom stereocenters. The first-order valence-electron chi connectivity index (χ1n) is 5.34. The molecule has 0 saturated heterocycles. The van der Waals surface area contributed by atoms with E-state index in [4.69, 9.17) is 0 Å². The number of aromatic nitrogens is 4. The molecular formula is C11H11N5OS. The fourth-order valence-corrected chi connectivity index (χ4v) is 2.74. The van der Waals surface area contributed by atoms with Gasteiger partial charge in [0.05, 0.1) is 28.6 Å². The molecule has 6 nitrogen and oxygen atoms in total. The molecule has 0 aliphatic carbocycles. The van der Waals surface area contributed by atoms with E-state index in [1.54, 1.807) is 30.7 Å². The molecule has 0 saturated carbocycles. The van der Waals surface area contributed by atoms with Crippen molar-refractivity contribution in [1.29, 1.82) is 0 Å². The molecule has 0 bridgehead atoms. The predicted octanol–water partition coefficient (Wildman–Crippen LogP) is 1.63. The highest BCUT2D eigenvalue weighted by Crippen LogP contribution is 2.25. The summed E-state index contributed by atoms with van der Waals surface area (Å²) >= 11 is 1.40. The highest BCUT2D eigenvalue weighted by atomic mass is 32.1. The van der Waals surface area contributed by atoms with Gasteiger partial charge in [0.15, 0.2) is 0 Å². The van der Waals surface area contributed by atoms with Crippen molar-refractivity contribution < 1.29 is 4.79 Å². The Morgan fingerprint density at radius 1 is 1.56 bits per heavy atom. The van der Waals surface area contributed by atoms with Gasteiger partial charge in [0.25, 0.3) is 5.91 Å². The van der Waals surface area contributed by atoms with E-state index in [-0.39, 0.29) is 5.91 Å². The Balaban J connectivity index is 1.96. The van der Waals surface area contributed by atoms with Crippen molar-refractivity contribution in [2.75, 3.05) is 11.9 Å². The molecular weight excluding hydrogens is 250 g/mol. The number of thiophene rings is 1. The summed E-state index contributed by atoms with van der Waals surface area (Å²) in [7, 11) is 3.64. The van der Waals surface area contributed by atoms with Gasteiger partial charge in [0.1, 0.15) is 4.83 Å². The zero-order valence-electron chi connectivity index (χ0n) is 9.91. The van der Waals surface area contributed by atoms with E-state index in [1.807, 2.05) is 17.7 Å². The fourth-order valence-electron chi connectivity index (χ4n) is 1.73. The number of imidazole rings is 1. The smallest absolute Gasteiger partial charge is 0.268 e. The first-order chi connectivity index (χ1) is 8.66. The molecule has 1 amide bonds. The molecule has 0 fully saturated rings. The molecule has 3 aromatic heterocycles. The van der Waals surface area contributed by atoms with Crippen molar-refractivity contribution in [3.63, 3.8) is 0 Å². The highest BCUT2D eigenvalue weighted by molar-refractivity contribution is 7.20. The van der Waals surface area contributed by atoms with Crippen LogP contribution in [0.4, 0.5) is 5.69 Å². The average molecular weight is 261 g/mol. The minimum atomic E-state index is -0.0561. The molecule has 0 spiro atoms. The summed E-state index contributed by atoms with van der Waals surface area (Å²) < 4.78 is 1.90. The van der Waals surface area contributed by atoms with Crippen LogP contribution < -0.4 is 4.90 Å². The number of aromatic amines is 1. The number of aryl methyl sites for hydroxylation is 1. The number of carbonyl (C=O) groups is 1. The van der Waals surface area contributed by atoms with E-state index in [0.717, 1.165) is 16.0 Å². The summed E-state index contributed by atoms with van der Waals surface area (Å²) in [5.74, 6) is -0.0561. The zero-order valence-corrected chi connectivity index (χ0v) is 10.7. The number of nitrogens with one attached hydrogen (secondary N) is 1. The van der Waals surface area contributed by atoms with E-state index in [0.29, 0.717) is 4.88 Å². The normalized spacial score (nSPS) is 11.0. The lowest BCUT2D eigenvalue weighted by Crippen LogP contribution is -2.24. The van der Waals surface area contributed by atoms with Crippen LogP contribution in [0.25, 0.3) is 10.3 Å². The Hall–Kier alpha value is -2.15. The lowest BCUT2D eigenvalue weighted by Gasteiger charge is -2.12. The van der Waals surface area contributed by atoms with Crippen LogP contribution >= 0.6 is 11.3 Å². The number of hydrogen-bond acceptors (Lipinski definition) is 4. The van der Waals surface area contributed by atoms with Gasteiger partial charge >= 0.3 is 0 Å². The first kappa shape index (κ1) is 11.0. The average Bonchev–Trinajstić information content (AvgIpc) is 3.06. The van der Waals surface area contributed by atoms with Gasteiger partial charge < -0.3 is 9.47 Å². The number of nitrogens with zero attached hydrogens (tertiary/aromatic N) is 4. The number of carbonyl (C=O) groups excluding carboxylic acids is 1. The van der Waals surface area contributed by atoms with E-state index >= 15 is 0 Å². The van der Waals surface area contributed by atoms with Gasteiger partial charge in [-0.15, -0.1) is 11.3 Å². The topological polar surface area (TPSA) is 66.8 Å². The van der Waals surface area contributed by atoms with Crippen molar-refractivity contribution in [1.82, 2.24) is 19.7 Å². The number of fused-ring (bicyclic) bond motifs is 1. The van der Waals surface area contributed by atoms with Crippen LogP contribution in [-0.4, -0.2) is 32.7 Å². The summed E-state index contributed by atoms with van der Waals surface area (Å²) in [5, 5.41) is 6.52. The van der Waals surface area contributed by atoms with E-state index in [2.05, 4.69) is 15.2 Å². The molecule has 0 aliphatic rings. The molecule has 0 radical (unpaired) electrons. The predicted molar refractivity (Wildman–Crippen MR) is 69.9 cm³/mol. The molecule has 0 aliphatic heterocycles. The van der Waals surface area contributed by atoms with Crippen LogP contribution in [0.15, 0.2) is 24.8 Å². The van der Waals surface area contributed by atoms with E-state index < -0.39 is 0 Å². The van der Waals surface area contributed by atoms with Crippen molar-refractivity contribution in [3.8, 4) is 0 Å². The Bertz CT molecular complexity index is 696. The SMILES string of the molecule is CN(C(=O)c1cc2c(ncn2C)s1)c1cn[nH]c1. The maximum absolute atomic E-state index is 12.3. The van der Waals surface area contributed by atoms with E-state index in [9.17, 15) is 4.79 Å². The second-order valence-electron chi connectivity index (χ2n) is 3.98. The second-order valence-corrected chi connectivity index (χ2v) is 5.01. The number of rotatable bonds is 2. The number of anilines is 1. The Labute approximate surface area is 107 Å². The monoisotopic (exact) mass is 261 g/mol. The van der Waals surface area contributed by atoms with Gasteiger partial charge in [0, 0.05) is 20.3 Å². The first-order valence-corrected chi connectivity index (χ1v) is 6.16. The zero-order chi connectivity index (χ0) is 12.7. The van der Waals surface area contributed by atoms with Gasteiger partial charge in [-0.2, -0.15) is 5.10 Å². The summed E-state index contributed by atoms with van der Waals surface area (Å²) in [6.45, 7) is 0. The summed E-state index contributed by atoms with van der Waals surface area (Å²) in [6.07, 6.45) is 5.04. The molecule has 7 heteroatoms. The van der Waals surface area contributed by atoms with Gasteiger partial charge in [-0.1, -0.05) is 0 Å². The minimum absolute atomic E-state index is 0.0561. The molecule has 3 rings (SSSR count). The van der Waals surface area contributed by atoms with Crippen LogP contribution in [0.5, 0.6) is 0 Å². The summed E-state index contributed by atoms with van der Waals surface area (Å²) in [5.41, 5.74) is 1.72. The van der Waals surface area contributed by atoms with Gasteiger partial charge in [-0.25, -0.2) is 4.98 Å². The number of hydrogen-bond donors (Lipinski definition) is 1. The maximum atomic E-state index is 12.3. The molecule has 18 heavy (non-hydrogen) atoms. The lowest BCUT2D eigenvalue weighted by molar-refractivity contribution is 0.0997. The third kappa shape index (κ3) is 1.60. The molecule has 92 valence electrons. The lowest BCUT2D eigenvalue weighted by atomic mass is 10.3. The third-order valence-electron chi connectivity index (χ3n) is 2.81. The van der Waals surface area contributed by atoms with Crippen LogP contribution in [0.3, 0.4) is 0 Å². The van der Waals surface area contributed by atoms with Crippen molar-refractivity contribution in [2.24, 2.45) is 7.05 Å². The Kier molecular flexibility index (Phi) is 2.41. The summed E-state index contributed by atoms with van der Waals surface area (Å²) in [6, 6.07) is 1.87. The van der Waals surface area contributed by atoms with Crippen molar-refractivity contribution in [2.45, 2.75) is 0 Å². The second kappa shape index (κ2) is 3.95. The largest absolute Gasteiger partial charge is 0.333 e. The van der Waals surface area contributed by atoms with E-state index in [1.165, 1.54) is 11.3 Å². The Morgan fingerprint density at radius 3 is 3.06 bits per heavy atom. The van der Waals surface area contributed by atoms with Crippen LogP contribution in [0.2, 0.25) is 0 Å². The third-order valence-corrected chi connectivity index (χ3v) is 3.83. The minimum Gasteiger partial charge on any atom is -0.333 e. The number of H-pyrrole nitrogens is 1. The van der Waals surface area contributed by atoms with Crippen LogP contribution in [0, 0.1) is 0 Å². The van der Waals surface area contributed by atoms with Gasteiger partial charge in [0.2, 0.25) is 0 Å².